The highest BCUT2D eigenvalue weighted by Crippen LogP contribution is 2.21. The standard InChI is InChI=1S/C14H31N3/c1-11-10-17(6)13(3)9-14(11)15-12(2)7-8-16(4)5/h11-15H,7-10H2,1-6H3. The molecule has 0 radical (unpaired) electrons. The van der Waals surface area contributed by atoms with E-state index in [-0.39, 0.29) is 0 Å². The minimum atomic E-state index is 0.625. The van der Waals surface area contributed by atoms with Gasteiger partial charge in [-0.05, 0) is 60.3 Å². The summed E-state index contributed by atoms with van der Waals surface area (Å²) in [5.74, 6) is 0.762. The fraction of sp³-hybridized carbons (Fsp3) is 1.00. The van der Waals surface area contributed by atoms with Crippen LogP contribution in [0.15, 0.2) is 0 Å². The zero-order valence-electron chi connectivity index (χ0n) is 12.5. The maximum atomic E-state index is 3.82. The first-order valence-corrected chi connectivity index (χ1v) is 7.01. The minimum absolute atomic E-state index is 0.625. The number of rotatable bonds is 5. The Morgan fingerprint density at radius 1 is 1.35 bits per heavy atom. The summed E-state index contributed by atoms with van der Waals surface area (Å²) in [4.78, 5) is 4.74. The van der Waals surface area contributed by atoms with E-state index in [2.05, 4.69) is 57.0 Å². The minimum Gasteiger partial charge on any atom is -0.311 e. The Morgan fingerprint density at radius 3 is 2.59 bits per heavy atom. The third-order valence-electron chi connectivity index (χ3n) is 4.12. The van der Waals surface area contributed by atoms with Gasteiger partial charge in [0.15, 0.2) is 0 Å². The van der Waals surface area contributed by atoms with E-state index in [1.807, 2.05) is 0 Å². The maximum absolute atomic E-state index is 3.82. The van der Waals surface area contributed by atoms with Gasteiger partial charge in [-0.25, -0.2) is 0 Å². The Kier molecular flexibility index (Phi) is 5.90. The zero-order chi connectivity index (χ0) is 13.0. The van der Waals surface area contributed by atoms with Crippen molar-refractivity contribution in [3.63, 3.8) is 0 Å². The van der Waals surface area contributed by atoms with E-state index in [1.165, 1.54) is 25.9 Å². The molecule has 1 N–H and O–H groups in total. The molecule has 0 amide bonds. The third-order valence-corrected chi connectivity index (χ3v) is 4.12. The molecule has 3 nitrogen and oxygen atoms in total. The van der Waals surface area contributed by atoms with Crippen molar-refractivity contribution in [1.82, 2.24) is 15.1 Å². The Morgan fingerprint density at radius 2 is 2.00 bits per heavy atom. The number of nitrogens with zero attached hydrogens (tertiary/aromatic N) is 2. The molecule has 1 heterocycles. The Hall–Kier alpha value is -0.120. The number of nitrogens with one attached hydrogen (secondary N) is 1. The van der Waals surface area contributed by atoms with Gasteiger partial charge in [-0.2, -0.15) is 0 Å². The van der Waals surface area contributed by atoms with Crippen LogP contribution in [0, 0.1) is 5.92 Å². The lowest BCUT2D eigenvalue weighted by molar-refractivity contribution is 0.115. The van der Waals surface area contributed by atoms with Crippen molar-refractivity contribution in [3.05, 3.63) is 0 Å². The highest BCUT2D eigenvalue weighted by Gasteiger charge is 2.29. The summed E-state index contributed by atoms with van der Waals surface area (Å²) in [6, 6.07) is 2.03. The van der Waals surface area contributed by atoms with Crippen LogP contribution in [0.3, 0.4) is 0 Å². The molecule has 0 aromatic heterocycles. The molecule has 0 bridgehead atoms. The van der Waals surface area contributed by atoms with E-state index in [0.717, 1.165) is 5.92 Å². The van der Waals surface area contributed by atoms with Crippen molar-refractivity contribution in [3.8, 4) is 0 Å². The molecule has 1 fully saturated rings. The molecule has 3 heteroatoms. The van der Waals surface area contributed by atoms with E-state index in [4.69, 9.17) is 0 Å². The van der Waals surface area contributed by atoms with E-state index >= 15 is 0 Å². The van der Waals surface area contributed by atoms with Gasteiger partial charge in [-0.15, -0.1) is 0 Å². The van der Waals surface area contributed by atoms with Crippen LogP contribution in [0.25, 0.3) is 0 Å². The van der Waals surface area contributed by atoms with Crippen LogP contribution in [-0.2, 0) is 0 Å². The lowest BCUT2D eigenvalue weighted by Gasteiger charge is -2.41. The maximum Gasteiger partial charge on any atom is 0.0122 e. The monoisotopic (exact) mass is 241 g/mol. The molecule has 0 spiro atoms. The molecule has 4 unspecified atom stereocenters. The Bertz CT molecular complexity index is 218. The summed E-state index contributed by atoms with van der Waals surface area (Å²) in [6.07, 6.45) is 2.52. The number of piperidine rings is 1. The molecule has 1 rings (SSSR count). The van der Waals surface area contributed by atoms with Gasteiger partial charge in [0.05, 0.1) is 0 Å². The molecule has 0 aromatic rings. The second kappa shape index (κ2) is 6.72. The van der Waals surface area contributed by atoms with Crippen molar-refractivity contribution in [1.29, 1.82) is 0 Å². The van der Waals surface area contributed by atoms with Crippen molar-refractivity contribution < 1.29 is 0 Å². The fourth-order valence-corrected chi connectivity index (χ4v) is 2.67. The molecule has 1 aliphatic heterocycles. The molecule has 0 aromatic carbocycles. The average Bonchev–Trinajstić information content (AvgIpc) is 2.23. The topological polar surface area (TPSA) is 18.5 Å². The van der Waals surface area contributed by atoms with Crippen LogP contribution in [0.2, 0.25) is 0 Å². The van der Waals surface area contributed by atoms with Crippen LogP contribution in [-0.4, -0.2) is 62.2 Å². The van der Waals surface area contributed by atoms with Gasteiger partial charge in [0.1, 0.15) is 0 Å². The lowest BCUT2D eigenvalue weighted by atomic mass is 9.89. The SMILES string of the molecule is CC(CCN(C)C)NC1CC(C)N(C)CC1C. The van der Waals surface area contributed by atoms with Crippen LogP contribution in [0.1, 0.15) is 33.6 Å². The Balaban J connectivity index is 2.34. The smallest absolute Gasteiger partial charge is 0.0122 e. The van der Waals surface area contributed by atoms with E-state index < -0.39 is 0 Å². The lowest BCUT2D eigenvalue weighted by Crippen LogP contribution is -2.53. The first-order valence-electron chi connectivity index (χ1n) is 7.01. The predicted octanol–water partition coefficient (Wildman–Crippen LogP) is 1.64. The molecule has 0 aliphatic carbocycles. The number of hydrogen-bond acceptors (Lipinski definition) is 3. The fourth-order valence-electron chi connectivity index (χ4n) is 2.67. The molecule has 0 saturated carbocycles. The van der Waals surface area contributed by atoms with Crippen LogP contribution in [0.4, 0.5) is 0 Å². The van der Waals surface area contributed by atoms with Crippen molar-refractivity contribution in [2.75, 3.05) is 34.2 Å². The normalized spacial score (nSPS) is 33.0. The van der Waals surface area contributed by atoms with Gasteiger partial charge in [0.25, 0.3) is 0 Å². The summed E-state index contributed by atoms with van der Waals surface area (Å²) in [7, 11) is 6.53. The summed E-state index contributed by atoms with van der Waals surface area (Å²) < 4.78 is 0. The molecule has 1 aliphatic rings. The van der Waals surface area contributed by atoms with Gasteiger partial charge >= 0.3 is 0 Å². The van der Waals surface area contributed by atoms with Crippen LogP contribution in [0.5, 0.6) is 0 Å². The van der Waals surface area contributed by atoms with E-state index in [9.17, 15) is 0 Å². The van der Waals surface area contributed by atoms with Crippen molar-refractivity contribution in [2.45, 2.75) is 51.7 Å². The highest BCUT2D eigenvalue weighted by atomic mass is 15.2. The first-order chi connectivity index (χ1) is 7.90. The van der Waals surface area contributed by atoms with E-state index in [1.54, 1.807) is 0 Å². The summed E-state index contributed by atoms with van der Waals surface area (Å²) in [6.45, 7) is 9.42. The average molecular weight is 241 g/mol. The number of hydrogen-bond donors (Lipinski definition) is 1. The number of likely N-dealkylation sites (tertiary alicyclic amines) is 1. The zero-order valence-corrected chi connectivity index (χ0v) is 12.5. The van der Waals surface area contributed by atoms with Gasteiger partial charge in [-0.3, -0.25) is 0 Å². The summed E-state index contributed by atoms with van der Waals surface area (Å²) >= 11 is 0. The summed E-state index contributed by atoms with van der Waals surface area (Å²) in [5, 5.41) is 3.82. The largest absolute Gasteiger partial charge is 0.311 e. The molecule has 102 valence electrons. The second-order valence-electron chi connectivity index (χ2n) is 6.27. The molecule has 1 saturated heterocycles. The van der Waals surface area contributed by atoms with Crippen molar-refractivity contribution >= 4 is 0 Å². The molecular weight excluding hydrogens is 210 g/mol. The first kappa shape index (κ1) is 14.9. The van der Waals surface area contributed by atoms with Crippen LogP contribution >= 0.6 is 0 Å². The predicted molar refractivity (Wildman–Crippen MR) is 75.4 cm³/mol. The molecular formula is C14H31N3. The quantitative estimate of drug-likeness (QED) is 0.789. The van der Waals surface area contributed by atoms with Gasteiger partial charge in [0.2, 0.25) is 0 Å². The van der Waals surface area contributed by atoms with E-state index in [0.29, 0.717) is 18.1 Å². The highest BCUT2D eigenvalue weighted by molar-refractivity contribution is 4.87. The second-order valence-corrected chi connectivity index (χ2v) is 6.27. The molecule has 4 atom stereocenters. The van der Waals surface area contributed by atoms with Gasteiger partial charge < -0.3 is 15.1 Å². The third kappa shape index (κ3) is 4.94. The van der Waals surface area contributed by atoms with Crippen molar-refractivity contribution in [2.24, 2.45) is 5.92 Å². The van der Waals surface area contributed by atoms with Crippen LogP contribution < -0.4 is 5.32 Å². The Labute approximate surface area is 108 Å². The van der Waals surface area contributed by atoms with Gasteiger partial charge in [-0.1, -0.05) is 6.92 Å². The summed E-state index contributed by atoms with van der Waals surface area (Å²) in [5.41, 5.74) is 0. The van der Waals surface area contributed by atoms with Gasteiger partial charge in [0, 0.05) is 24.7 Å². The molecule has 17 heavy (non-hydrogen) atoms.